The highest BCUT2D eigenvalue weighted by molar-refractivity contribution is 5.93. The Kier molecular flexibility index (Phi) is 1.56. The summed E-state index contributed by atoms with van der Waals surface area (Å²) in [6.45, 7) is 6.54. The first-order chi connectivity index (χ1) is 4.20. The van der Waals surface area contributed by atoms with Crippen LogP contribution in [0.25, 0.3) is 0 Å². The van der Waals surface area contributed by atoms with Crippen molar-refractivity contribution >= 4 is 5.91 Å². The van der Waals surface area contributed by atoms with Gasteiger partial charge in [-0.15, -0.1) is 0 Å². The van der Waals surface area contributed by atoms with Gasteiger partial charge >= 0.3 is 0 Å². The van der Waals surface area contributed by atoms with Crippen molar-refractivity contribution in [3.8, 4) is 0 Å². The lowest BCUT2D eigenvalue weighted by Gasteiger charge is -2.19. The summed E-state index contributed by atoms with van der Waals surface area (Å²) in [6, 6.07) is 0. The molecule has 0 aromatic heterocycles. The molecule has 0 aromatic rings. The molecule has 1 saturated heterocycles. The summed E-state index contributed by atoms with van der Waals surface area (Å²) in [6.07, 6.45) is 0.853. The lowest BCUT2D eigenvalue weighted by Crippen LogP contribution is -2.35. The Morgan fingerprint density at radius 1 is 1.78 bits per heavy atom. The summed E-state index contributed by atoms with van der Waals surface area (Å²) in [5.41, 5.74) is 0.716. The number of carbonyl (C=O) groups is 1. The largest absolute Gasteiger partial charge is 0.352 e. The van der Waals surface area contributed by atoms with Crippen molar-refractivity contribution in [3.05, 3.63) is 12.2 Å². The second kappa shape index (κ2) is 2.21. The third-order valence-electron chi connectivity index (χ3n) is 1.53. The molecule has 0 saturated carbocycles. The summed E-state index contributed by atoms with van der Waals surface area (Å²) < 4.78 is 0. The average molecular weight is 125 g/mol. The molecule has 0 aromatic carbocycles. The minimum atomic E-state index is 0.0214. The topological polar surface area (TPSA) is 29.1 Å². The second-order valence-corrected chi connectivity index (χ2v) is 2.62. The van der Waals surface area contributed by atoms with Crippen LogP contribution in [0.5, 0.6) is 0 Å². The van der Waals surface area contributed by atoms with Crippen LogP contribution < -0.4 is 5.32 Å². The Hall–Kier alpha value is -0.790. The number of hydrogen-bond acceptors (Lipinski definition) is 1. The molecular formula is C7H11NO. The molecule has 0 spiro atoms. The molecule has 50 valence electrons. The van der Waals surface area contributed by atoms with E-state index in [-0.39, 0.29) is 5.91 Å². The van der Waals surface area contributed by atoms with Gasteiger partial charge in [-0.3, -0.25) is 4.79 Å². The van der Waals surface area contributed by atoms with Crippen molar-refractivity contribution < 1.29 is 4.79 Å². The SMILES string of the molecule is C=C1C[C@@H](C)CNC1=O. The van der Waals surface area contributed by atoms with Gasteiger partial charge in [-0.05, 0) is 12.3 Å². The van der Waals surface area contributed by atoms with E-state index in [0.717, 1.165) is 13.0 Å². The van der Waals surface area contributed by atoms with E-state index in [9.17, 15) is 4.79 Å². The normalized spacial score (nSPS) is 27.9. The maximum atomic E-state index is 10.7. The minimum Gasteiger partial charge on any atom is -0.352 e. The second-order valence-electron chi connectivity index (χ2n) is 2.62. The number of rotatable bonds is 0. The van der Waals surface area contributed by atoms with E-state index >= 15 is 0 Å². The molecule has 1 heterocycles. The first kappa shape index (κ1) is 6.33. The molecule has 2 heteroatoms. The van der Waals surface area contributed by atoms with E-state index in [4.69, 9.17) is 0 Å². The molecule has 2 nitrogen and oxygen atoms in total. The van der Waals surface area contributed by atoms with Crippen molar-refractivity contribution in [2.24, 2.45) is 5.92 Å². The summed E-state index contributed by atoms with van der Waals surface area (Å²) in [5, 5.41) is 2.74. The zero-order valence-corrected chi connectivity index (χ0v) is 5.61. The Balaban J connectivity index is 2.54. The maximum Gasteiger partial charge on any atom is 0.246 e. The molecular weight excluding hydrogens is 114 g/mol. The van der Waals surface area contributed by atoms with Crippen LogP contribution in [0.2, 0.25) is 0 Å². The van der Waals surface area contributed by atoms with E-state index in [1.54, 1.807) is 0 Å². The number of carbonyl (C=O) groups excluding carboxylic acids is 1. The predicted molar refractivity (Wildman–Crippen MR) is 35.9 cm³/mol. The van der Waals surface area contributed by atoms with Crippen molar-refractivity contribution in [2.45, 2.75) is 13.3 Å². The van der Waals surface area contributed by atoms with Crippen LogP contribution in [0.3, 0.4) is 0 Å². The van der Waals surface area contributed by atoms with Crippen LogP contribution in [0.4, 0.5) is 0 Å². The number of piperidine rings is 1. The lowest BCUT2D eigenvalue weighted by molar-refractivity contribution is -0.118. The third-order valence-corrected chi connectivity index (χ3v) is 1.53. The quantitative estimate of drug-likeness (QED) is 0.474. The van der Waals surface area contributed by atoms with E-state index in [1.165, 1.54) is 0 Å². The third kappa shape index (κ3) is 1.31. The Bertz CT molecular complexity index is 151. The molecule has 1 aliphatic rings. The predicted octanol–water partition coefficient (Wildman–Crippen LogP) is 0.699. The van der Waals surface area contributed by atoms with E-state index in [1.807, 2.05) is 0 Å². The van der Waals surface area contributed by atoms with Gasteiger partial charge in [0.25, 0.3) is 0 Å². The fourth-order valence-electron chi connectivity index (χ4n) is 0.977. The highest BCUT2D eigenvalue weighted by Gasteiger charge is 2.16. The standard InChI is InChI=1S/C7H11NO/c1-5-3-6(2)7(9)8-4-5/h5H,2-4H2,1H3,(H,8,9)/t5-/m1/s1. The van der Waals surface area contributed by atoms with Gasteiger partial charge in [-0.25, -0.2) is 0 Å². The molecule has 0 unspecified atom stereocenters. The van der Waals surface area contributed by atoms with Crippen molar-refractivity contribution in [2.75, 3.05) is 6.54 Å². The summed E-state index contributed by atoms with van der Waals surface area (Å²) in [5.74, 6) is 0.586. The summed E-state index contributed by atoms with van der Waals surface area (Å²) in [7, 11) is 0. The number of hydrogen-bond donors (Lipinski definition) is 1. The maximum absolute atomic E-state index is 10.7. The smallest absolute Gasteiger partial charge is 0.246 e. The molecule has 1 rings (SSSR count). The fourth-order valence-corrected chi connectivity index (χ4v) is 0.977. The van der Waals surface area contributed by atoms with Crippen LogP contribution in [0.15, 0.2) is 12.2 Å². The van der Waals surface area contributed by atoms with Crippen LogP contribution in [0.1, 0.15) is 13.3 Å². The number of amides is 1. The van der Waals surface area contributed by atoms with Gasteiger partial charge in [0.05, 0.1) is 0 Å². The zero-order chi connectivity index (χ0) is 6.85. The first-order valence-electron chi connectivity index (χ1n) is 3.16. The average Bonchev–Trinajstić information content (AvgIpc) is 1.80. The summed E-state index contributed by atoms with van der Waals surface area (Å²) >= 11 is 0. The Morgan fingerprint density at radius 3 is 2.89 bits per heavy atom. The molecule has 1 atom stereocenters. The van der Waals surface area contributed by atoms with Crippen LogP contribution in [0, 0.1) is 5.92 Å². The number of nitrogens with one attached hydrogen (secondary N) is 1. The van der Waals surface area contributed by atoms with Gasteiger partial charge < -0.3 is 5.32 Å². The molecule has 1 aliphatic heterocycles. The van der Waals surface area contributed by atoms with Crippen molar-refractivity contribution in [3.63, 3.8) is 0 Å². The van der Waals surface area contributed by atoms with Gasteiger partial charge in [0.15, 0.2) is 0 Å². The van der Waals surface area contributed by atoms with Crippen LogP contribution in [-0.4, -0.2) is 12.5 Å². The van der Waals surface area contributed by atoms with Gasteiger partial charge in [0, 0.05) is 12.1 Å². The highest BCUT2D eigenvalue weighted by atomic mass is 16.1. The van der Waals surface area contributed by atoms with Gasteiger partial charge in [0.1, 0.15) is 0 Å². The zero-order valence-electron chi connectivity index (χ0n) is 5.61. The molecule has 1 fully saturated rings. The highest BCUT2D eigenvalue weighted by Crippen LogP contribution is 2.12. The van der Waals surface area contributed by atoms with E-state index in [0.29, 0.717) is 11.5 Å². The van der Waals surface area contributed by atoms with Gasteiger partial charge in [-0.2, -0.15) is 0 Å². The van der Waals surface area contributed by atoms with E-state index < -0.39 is 0 Å². The van der Waals surface area contributed by atoms with Crippen LogP contribution >= 0.6 is 0 Å². The van der Waals surface area contributed by atoms with Crippen molar-refractivity contribution in [1.29, 1.82) is 0 Å². The monoisotopic (exact) mass is 125 g/mol. The van der Waals surface area contributed by atoms with Crippen LogP contribution in [-0.2, 0) is 4.79 Å². The molecule has 1 amide bonds. The Morgan fingerprint density at radius 2 is 2.44 bits per heavy atom. The molecule has 0 bridgehead atoms. The molecule has 0 aliphatic carbocycles. The van der Waals surface area contributed by atoms with Gasteiger partial charge in [0.2, 0.25) is 5.91 Å². The van der Waals surface area contributed by atoms with Crippen molar-refractivity contribution in [1.82, 2.24) is 5.32 Å². The van der Waals surface area contributed by atoms with E-state index in [2.05, 4.69) is 18.8 Å². The fraction of sp³-hybridized carbons (Fsp3) is 0.571. The van der Waals surface area contributed by atoms with Gasteiger partial charge in [-0.1, -0.05) is 13.5 Å². The molecule has 9 heavy (non-hydrogen) atoms. The lowest BCUT2D eigenvalue weighted by atomic mass is 9.98. The minimum absolute atomic E-state index is 0.0214. The summed E-state index contributed by atoms with van der Waals surface area (Å²) in [4.78, 5) is 10.7. The first-order valence-corrected chi connectivity index (χ1v) is 3.16. The molecule has 1 N–H and O–H groups in total. The molecule has 0 radical (unpaired) electrons. The Labute approximate surface area is 54.9 Å².